The highest BCUT2D eigenvalue weighted by molar-refractivity contribution is 7.89. The van der Waals surface area contributed by atoms with Crippen molar-refractivity contribution < 1.29 is 13.2 Å². The molecule has 0 saturated carbocycles. The first-order valence-electron chi connectivity index (χ1n) is 7.14. The van der Waals surface area contributed by atoms with E-state index in [2.05, 4.69) is 20.8 Å². The molecule has 0 bridgehead atoms. The molecule has 0 fully saturated rings. The van der Waals surface area contributed by atoms with E-state index in [1.165, 1.54) is 6.07 Å². The van der Waals surface area contributed by atoms with E-state index >= 15 is 0 Å². The number of para-hydroxylation sites is 1. The number of rotatable bonds is 5. The van der Waals surface area contributed by atoms with E-state index in [-0.39, 0.29) is 16.1 Å². The molecule has 0 amide bonds. The van der Waals surface area contributed by atoms with Crippen LogP contribution in [0.2, 0.25) is 0 Å². The van der Waals surface area contributed by atoms with Gasteiger partial charge in [-0.25, -0.2) is 13.6 Å². The number of ether oxygens (including phenoxy) is 1. The van der Waals surface area contributed by atoms with Crippen molar-refractivity contribution in [1.29, 1.82) is 0 Å². The summed E-state index contributed by atoms with van der Waals surface area (Å²) in [5.41, 5.74) is 0.930. The van der Waals surface area contributed by atoms with Crippen LogP contribution in [-0.2, 0) is 15.4 Å². The molecule has 0 unspecified atom stereocenters. The Morgan fingerprint density at radius 2 is 1.73 bits per heavy atom. The lowest BCUT2D eigenvalue weighted by atomic mass is 9.82. The van der Waals surface area contributed by atoms with Crippen molar-refractivity contribution in [2.45, 2.75) is 37.5 Å². The molecule has 2 rings (SSSR count). The van der Waals surface area contributed by atoms with Crippen molar-refractivity contribution in [3.05, 3.63) is 54.1 Å². The van der Waals surface area contributed by atoms with Gasteiger partial charge in [0.2, 0.25) is 10.0 Å². The summed E-state index contributed by atoms with van der Waals surface area (Å²) in [4.78, 5) is -0.00740. The van der Waals surface area contributed by atoms with Crippen molar-refractivity contribution in [1.82, 2.24) is 0 Å². The summed E-state index contributed by atoms with van der Waals surface area (Å²) in [6.07, 6.45) is 0.923. The maximum Gasteiger partial charge on any atom is 0.241 e. The summed E-state index contributed by atoms with van der Waals surface area (Å²) in [5, 5.41) is 5.30. The van der Waals surface area contributed by atoms with Crippen LogP contribution in [0.3, 0.4) is 0 Å². The molecule has 0 aromatic heterocycles. The zero-order chi connectivity index (χ0) is 16.4. The molecule has 0 saturated heterocycles. The largest absolute Gasteiger partial charge is 0.456 e. The second-order valence-corrected chi connectivity index (χ2v) is 7.39. The molecule has 118 valence electrons. The number of sulfonamides is 1. The standard InChI is InChI=1S/C17H21NO3S/c1-4-17(2,3)13-10-11-16(22(18,19)20)15(12-13)21-14-8-6-5-7-9-14/h5-12H,4H2,1-3H3,(H2,18,19,20). The molecule has 22 heavy (non-hydrogen) atoms. The summed E-state index contributed by atoms with van der Waals surface area (Å²) in [6, 6.07) is 14.1. The third-order valence-corrected chi connectivity index (χ3v) is 4.84. The van der Waals surface area contributed by atoms with Crippen molar-refractivity contribution in [3.63, 3.8) is 0 Å². The summed E-state index contributed by atoms with van der Waals surface area (Å²) in [6.45, 7) is 6.29. The van der Waals surface area contributed by atoms with Crippen LogP contribution >= 0.6 is 0 Å². The number of benzene rings is 2. The van der Waals surface area contributed by atoms with Gasteiger partial charge in [0.1, 0.15) is 16.4 Å². The van der Waals surface area contributed by atoms with E-state index in [4.69, 9.17) is 9.88 Å². The lowest BCUT2D eigenvalue weighted by Gasteiger charge is -2.24. The Morgan fingerprint density at radius 3 is 2.27 bits per heavy atom. The first kappa shape index (κ1) is 16.5. The van der Waals surface area contributed by atoms with Gasteiger partial charge in [-0.2, -0.15) is 0 Å². The molecule has 2 aromatic rings. The molecule has 0 aliphatic rings. The Labute approximate surface area is 132 Å². The topological polar surface area (TPSA) is 69.4 Å². The van der Waals surface area contributed by atoms with Crippen molar-refractivity contribution in [2.24, 2.45) is 5.14 Å². The fourth-order valence-electron chi connectivity index (χ4n) is 2.06. The summed E-state index contributed by atoms with van der Waals surface area (Å²) in [7, 11) is -3.85. The third kappa shape index (κ3) is 3.67. The average Bonchev–Trinajstić information content (AvgIpc) is 2.47. The quantitative estimate of drug-likeness (QED) is 0.911. The van der Waals surface area contributed by atoms with Crippen molar-refractivity contribution >= 4 is 10.0 Å². The van der Waals surface area contributed by atoms with Crippen LogP contribution in [-0.4, -0.2) is 8.42 Å². The first-order valence-corrected chi connectivity index (χ1v) is 8.69. The summed E-state index contributed by atoms with van der Waals surface area (Å²) in [5.74, 6) is 0.826. The van der Waals surface area contributed by atoms with E-state index < -0.39 is 10.0 Å². The highest BCUT2D eigenvalue weighted by Gasteiger charge is 2.23. The minimum Gasteiger partial charge on any atom is -0.456 e. The van der Waals surface area contributed by atoms with E-state index in [0.29, 0.717) is 5.75 Å². The molecule has 0 spiro atoms. The zero-order valence-corrected chi connectivity index (χ0v) is 13.9. The van der Waals surface area contributed by atoms with Crippen LogP contribution in [0.15, 0.2) is 53.4 Å². The Hall–Kier alpha value is -1.85. The maximum absolute atomic E-state index is 11.8. The van der Waals surface area contributed by atoms with Crippen LogP contribution in [0.4, 0.5) is 0 Å². The average molecular weight is 319 g/mol. The van der Waals surface area contributed by atoms with Gasteiger partial charge in [-0.1, -0.05) is 45.0 Å². The molecule has 0 aliphatic heterocycles. The Bertz CT molecular complexity index is 753. The molecule has 0 radical (unpaired) electrons. The Morgan fingerprint density at radius 1 is 1.09 bits per heavy atom. The lowest BCUT2D eigenvalue weighted by Crippen LogP contribution is -2.17. The number of primary sulfonamides is 1. The Balaban J connectivity index is 2.54. The molecule has 0 heterocycles. The van der Waals surface area contributed by atoms with E-state index in [1.807, 2.05) is 18.2 Å². The summed E-state index contributed by atoms with van der Waals surface area (Å²) >= 11 is 0. The van der Waals surface area contributed by atoms with Crippen molar-refractivity contribution in [3.8, 4) is 11.5 Å². The van der Waals surface area contributed by atoms with Gasteiger partial charge in [0.25, 0.3) is 0 Å². The molecule has 0 atom stereocenters. The summed E-state index contributed by atoms with van der Waals surface area (Å²) < 4.78 is 29.3. The van der Waals surface area contributed by atoms with Gasteiger partial charge in [0.05, 0.1) is 0 Å². The third-order valence-electron chi connectivity index (χ3n) is 3.89. The molecule has 2 aromatic carbocycles. The SMILES string of the molecule is CCC(C)(C)c1ccc(S(N)(=O)=O)c(Oc2ccccc2)c1. The van der Waals surface area contributed by atoms with Crippen LogP contribution < -0.4 is 9.88 Å². The highest BCUT2D eigenvalue weighted by Crippen LogP contribution is 2.34. The van der Waals surface area contributed by atoms with Gasteiger partial charge in [0, 0.05) is 0 Å². The molecule has 5 heteroatoms. The number of nitrogens with two attached hydrogens (primary N) is 1. The van der Waals surface area contributed by atoms with E-state index in [1.54, 1.807) is 24.3 Å². The number of hydrogen-bond donors (Lipinski definition) is 1. The maximum atomic E-state index is 11.8. The smallest absolute Gasteiger partial charge is 0.241 e. The van der Waals surface area contributed by atoms with Gasteiger partial charge in [-0.15, -0.1) is 0 Å². The zero-order valence-electron chi connectivity index (χ0n) is 13.0. The molecule has 4 nitrogen and oxygen atoms in total. The second kappa shape index (κ2) is 6.10. The van der Waals surface area contributed by atoms with Gasteiger partial charge in [-0.05, 0) is 41.7 Å². The molecule has 2 N–H and O–H groups in total. The highest BCUT2D eigenvalue weighted by atomic mass is 32.2. The van der Waals surface area contributed by atoms with E-state index in [0.717, 1.165) is 12.0 Å². The molecular weight excluding hydrogens is 298 g/mol. The Kier molecular flexibility index (Phi) is 4.58. The minimum atomic E-state index is -3.85. The second-order valence-electron chi connectivity index (χ2n) is 5.86. The van der Waals surface area contributed by atoms with Gasteiger partial charge >= 0.3 is 0 Å². The fraction of sp³-hybridized carbons (Fsp3) is 0.294. The van der Waals surface area contributed by atoms with E-state index in [9.17, 15) is 8.42 Å². The van der Waals surface area contributed by atoms with Gasteiger partial charge in [-0.3, -0.25) is 0 Å². The first-order chi connectivity index (χ1) is 10.2. The van der Waals surface area contributed by atoms with Crippen LogP contribution in [0.1, 0.15) is 32.8 Å². The van der Waals surface area contributed by atoms with Crippen molar-refractivity contribution in [2.75, 3.05) is 0 Å². The van der Waals surface area contributed by atoms with Gasteiger partial charge in [0.15, 0.2) is 0 Å². The predicted molar refractivity (Wildman–Crippen MR) is 87.6 cm³/mol. The lowest BCUT2D eigenvalue weighted by molar-refractivity contribution is 0.458. The normalized spacial score (nSPS) is 12.2. The molecular formula is C17H21NO3S. The van der Waals surface area contributed by atoms with Crippen LogP contribution in [0.25, 0.3) is 0 Å². The van der Waals surface area contributed by atoms with Crippen LogP contribution in [0, 0.1) is 0 Å². The predicted octanol–water partition coefficient (Wildman–Crippen LogP) is 3.81. The van der Waals surface area contributed by atoms with Gasteiger partial charge < -0.3 is 4.74 Å². The minimum absolute atomic E-state index is 0.00740. The monoisotopic (exact) mass is 319 g/mol. The number of hydrogen-bond acceptors (Lipinski definition) is 3. The fourth-order valence-corrected chi connectivity index (χ4v) is 2.70. The molecule has 0 aliphatic carbocycles. The van der Waals surface area contributed by atoms with Crippen LogP contribution in [0.5, 0.6) is 11.5 Å².